The van der Waals surface area contributed by atoms with Gasteiger partial charge in [0.2, 0.25) is 0 Å². The van der Waals surface area contributed by atoms with Gasteiger partial charge in [-0.15, -0.1) is 0 Å². The molecule has 61 valence electrons. The van der Waals surface area contributed by atoms with Gasteiger partial charge < -0.3 is 8.85 Å². The largest absolute Gasteiger partial charge is 0.398 e. The SMILES string of the molecule is [CH2]CCC[Si](C)(OC)OC. The van der Waals surface area contributed by atoms with Gasteiger partial charge in [-0.1, -0.05) is 19.8 Å². The van der Waals surface area contributed by atoms with Gasteiger partial charge in [0, 0.05) is 14.2 Å². The average Bonchev–Trinajstić information content (AvgIpc) is 2.00. The second-order valence-corrected chi connectivity index (χ2v) is 6.08. The molecule has 0 bridgehead atoms. The van der Waals surface area contributed by atoms with E-state index in [2.05, 4.69) is 13.5 Å². The molecule has 0 aliphatic rings. The van der Waals surface area contributed by atoms with Gasteiger partial charge in [-0.2, -0.15) is 0 Å². The summed E-state index contributed by atoms with van der Waals surface area (Å²) in [4.78, 5) is 0. The van der Waals surface area contributed by atoms with Crippen LogP contribution in [-0.2, 0) is 8.85 Å². The van der Waals surface area contributed by atoms with Crippen molar-refractivity contribution in [3.05, 3.63) is 6.92 Å². The van der Waals surface area contributed by atoms with Crippen molar-refractivity contribution in [1.82, 2.24) is 0 Å². The quantitative estimate of drug-likeness (QED) is 0.574. The summed E-state index contributed by atoms with van der Waals surface area (Å²) in [5.74, 6) is 0. The molecule has 2 nitrogen and oxygen atoms in total. The average molecular weight is 161 g/mol. The van der Waals surface area contributed by atoms with E-state index >= 15 is 0 Å². The van der Waals surface area contributed by atoms with E-state index in [1.165, 1.54) is 0 Å². The van der Waals surface area contributed by atoms with Crippen LogP contribution < -0.4 is 0 Å². The second kappa shape index (κ2) is 4.88. The molecular weight excluding hydrogens is 144 g/mol. The van der Waals surface area contributed by atoms with Gasteiger partial charge in [0.1, 0.15) is 0 Å². The van der Waals surface area contributed by atoms with Crippen LogP contribution in [0.4, 0.5) is 0 Å². The molecule has 0 amide bonds. The minimum atomic E-state index is -1.76. The van der Waals surface area contributed by atoms with Crippen LogP contribution in [0.3, 0.4) is 0 Å². The topological polar surface area (TPSA) is 18.5 Å². The van der Waals surface area contributed by atoms with Crippen LogP contribution >= 0.6 is 0 Å². The lowest BCUT2D eigenvalue weighted by Crippen LogP contribution is -2.35. The minimum Gasteiger partial charge on any atom is -0.398 e. The Morgan fingerprint density at radius 2 is 1.80 bits per heavy atom. The summed E-state index contributed by atoms with van der Waals surface area (Å²) in [7, 11) is 1.68. The first-order valence-electron chi connectivity index (χ1n) is 3.58. The van der Waals surface area contributed by atoms with Gasteiger partial charge >= 0.3 is 8.56 Å². The molecule has 0 aliphatic heterocycles. The highest BCUT2D eigenvalue weighted by Gasteiger charge is 2.27. The summed E-state index contributed by atoms with van der Waals surface area (Å²) in [5, 5.41) is 0. The predicted octanol–water partition coefficient (Wildman–Crippen LogP) is 1.97. The van der Waals surface area contributed by atoms with Crippen molar-refractivity contribution in [2.45, 2.75) is 25.4 Å². The molecule has 0 saturated carbocycles. The van der Waals surface area contributed by atoms with Crippen LogP contribution in [-0.4, -0.2) is 22.8 Å². The van der Waals surface area contributed by atoms with E-state index in [4.69, 9.17) is 8.85 Å². The summed E-state index contributed by atoms with van der Waals surface area (Å²) in [5.41, 5.74) is 0. The zero-order chi connectivity index (χ0) is 8.04. The third-order valence-electron chi connectivity index (χ3n) is 1.74. The molecule has 3 heteroatoms. The molecule has 0 saturated heterocycles. The molecule has 0 rings (SSSR count). The molecule has 0 aromatic carbocycles. The van der Waals surface area contributed by atoms with E-state index in [1.54, 1.807) is 14.2 Å². The van der Waals surface area contributed by atoms with Gasteiger partial charge in [-0.05, 0) is 12.6 Å². The number of hydrogen-bond acceptors (Lipinski definition) is 2. The lowest BCUT2D eigenvalue weighted by Gasteiger charge is -2.21. The molecular formula is C7H17O2Si. The summed E-state index contributed by atoms with van der Waals surface area (Å²) in [6.07, 6.45) is 2.07. The Labute approximate surface area is 64.8 Å². The number of rotatable bonds is 5. The Morgan fingerprint density at radius 3 is 2.10 bits per heavy atom. The fourth-order valence-corrected chi connectivity index (χ4v) is 2.20. The molecule has 0 fully saturated rings. The first-order chi connectivity index (χ1) is 4.68. The van der Waals surface area contributed by atoms with Crippen molar-refractivity contribution in [1.29, 1.82) is 0 Å². The van der Waals surface area contributed by atoms with Crippen LogP contribution in [0.5, 0.6) is 0 Å². The molecule has 0 heterocycles. The monoisotopic (exact) mass is 161 g/mol. The van der Waals surface area contributed by atoms with E-state index < -0.39 is 8.56 Å². The van der Waals surface area contributed by atoms with E-state index in [9.17, 15) is 0 Å². The van der Waals surface area contributed by atoms with Gasteiger partial charge in [-0.3, -0.25) is 0 Å². The van der Waals surface area contributed by atoms with Gasteiger partial charge in [0.15, 0.2) is 0 Å². The van der Waals surface area contributed by atoms with E-state index in [0.717, 1.165) is 18.9 Å². The first kappa shape index (κ1) is 10.1. The highest BCUT2D eigenvalue weighted by Crippen LogP contribution is 2.14. The maximum atomic E-state index is 5.28. The normalized spacial score (nSPS) is 12.0. The molecule has 0 aromatic heterocycles. The van der Waals surface area contributed by atoms with Crippen molar-refractivity contribution in [2.24, 2.45) is 0 Å². The van der Waals surface area contributed by atoms with Crippen LogP contribution in [0.15, 0.2) is 0 Å². The smallest absolute Gasteiger partial charge is 0.334 e. The maximum Gasteiger partial charge on any atom is 0.334 e. The van der Waals surface area contributed by atoms with Crippen molar-refractivity contribution >= 4 is 8.56 Å². The molecule has 0 unspecified atom stereocenters. The summed E-state index contributed by atoms with van der Waals surface area (Å²) in [6.45, 7) is 5.84. The maximum absolute atomic E-state index is 5.28. The Hall–Kier alpha value is 0.137. The molecule has 0 aliphatic carbocycles. The molecule has 0 spiro atoms. The minimum absolute atomic E-state index is 0.968. The van der Waals surface area contributed by atoms with Crippen molar-refractivity contribution < 1.29 is 8.85 Å². The van der Waals surface area contributed by atoms with Gasteiger partial charge in [-0.25, -0.2) is 0 Å². The Bertz CT molecular complexity index is 81.7. The Morgan fingerprint density at radius 1 is 1.30 bits per heavy atom. The lowest BCUT2D eigenvalue weighted by atomic mass is 10.4. The molecule has 0 atom stereocenters. The molecule has 10 heavy (non-hydrogen) atoms. The number of unbranched alkanes of at least 4 members (excludes halogenated alkanes) is 1. The van der Waals surface area contributed by atoms with E-state index in [1.807, 2.05) is 0 Å². The summed E-state index contributed by atoms with van der Waals surface area (Å²) >= 11 is 0. The third kappa shape index (κ3) is 3.34. The summed E-state index contributed by atoms with van der Waals surface area (Å²) in [6, 6.07) is 1.05. The molecule has 0 N–H and O–H groups in total. The zero-order valence-corrected chi connectivity index (χ0v) is 8.14. The fourth-order valence-electron chi connectivity index (χ4n) is 0.734. The van der Waals surface area contributed by atoms with Crippen molar-refractivity contribution in [3.63, 3.8) is 0 Å². The highest BCUT2D eigenvalue weighted by atomic mass is 28.4. The van der Waals surface area contributed by atoms with Crippen LogP contribution in [0.2, 0.25) is 12.6 Å². The van der Waals surface area contributed by atoms with E-state index in [0.29, 0.717) is 0 Å². The molecule has 1 radical (unpaired) electrons. The van der Waals surface area contributed by atoms with Crippen molar-refractivity contribution in [2.75, 3.05) is 14.2 Å². The fraction of sp³-hybridized carbons (Fsp3) is 0.857. The van der Waals surface area contributed by atoms with Crippen molar-refractivity contribution in [3.8, 4) is 0 Å². The first-order valence-corrected chi connectivity index (χ1v) is 6.10. The molecule has 0 aromatic rings. The third-order valence-corrected chi connectivity index (χ3v) is 4.73. The van der Waals surface area contributed by atoms with Crippen LogP contribution in [0.1, 0.15) is 12.8 Å². The zero-order valence-electron chi connectivity index (χ0n) is 7.14. The summed E-state index contributed by atoms with van der Waals surface area (Å²) < 4.78 is 10.6. The van der Waals surface area contributed by atoms with Crippen LogP contribution in [0.25, 0.3) is 0 Å². The van der Waals surface area contributed by atoms with Gasteiger partial charge in [0.25, 0.3) is 0 Å². The van der Waals surface area contributed by atoms with E-state index in [-0.39, 0.29) is 0 Å². The Balaban J connectivity index is 3.58. The van der Waals surface area contributed by atoms with Crippen LogP contribution in [0, 0.1) is 6.92 Å². The number of hydrogen-bond donors (Lipinski definition) is 0. The lowest BCUT2D eigenvalue weighted by molar-refractivity contribution is 0.248. The highest BCUT2D eigenvalue weighted by molar-refractivity contribution is 6.65. The standard InChI is InChI=1S/C7H17O2Si/c1-5-6-7-10(4,8-2)9-3/h1,5-7H2,2-4H3. The Kier molecular flexibility index (Phi) is 4.94. The van der Waals surface area contributed by atoms with Gasteiger partial charge in [0.05, 0.1) is 0 Å². The predicted molar refractivity (Wildman–Crippen MR) is 45.0 cm³/mol. The second-order valence-electron chi connectivity index (χ2n) is 2.50.